The Hall–Kier alpha value is -2.91. The third kappa shape index (κ3) is 6.54. The Morgan fingerprint density at radius 2 is 1.81 bits per heavy atom. The van der Waals surface area contributed by atoms with Gasteiger partial charge < -0.3 is 19.9 Å². The highest BCUT2D eigenvalue weighted by atomic mass is 32.2. The van der Waals surface area contributed by atoms with Crippen LogP contribution in [0.25, 0.3) is 0 Å². The molecule has 2 aromatic rings. The summed E-state index contributed by atoms with van der Waals surface area (Å²) in [7, 11) is 1.53. The van der Waals surface area contributed by atoms with E-state index in [1.807, 2.05) is 24.3 Å². The van der Waals surface area contributed by atoms with Crippen LogP contribution in [-0.2, 0) is 14.3 Å². The number of hydrogen-bond acceptors (Lipinski definition) is 6. The number of thioether (sulfide) groups is 1. The normalized spacial score (nSPS) is 13.5. The van der Waals surface area contributed by atoms with Crippen molar-refractivity contribution in [3.8, 4) is 0 Å². The molecule has 0 atom stereocenters. The quantitative estimate of drug-likeness (QED) is 0.483. The number of ether oxygens (including phenoxy) is 1. The standard InChI is InChI=1S/C23H26FN3O4S/c1-16(28)17-3-8-21(20(24)13-17)32-15-23(30)26(2)14-22(29)25-18-4-6-19(7-5-18)27-9-11-31-12-10-27/h3-8,13H,9-12,14-15H2,1-2H3,(H,25,29). The molecule has 170 valence electrons. The zero-order chi connectivity index (χ0) is 23.1. The van der Waals surface area contributed by atoms with Gasteiger partial charge in [-0.25, -0.2) is 4.39 Å². The van der Waals surface area contributed by atoms with Crippen LogP contribution in [0.1, 0.15) is 17.3 Å². The number of rotatable bonds is 8. The third-order valence-corrected chi connectivity index (χ3v) is 6.06. The molecule has 3 rings (SSSR count). The van der Waals surface area contributed by atoms with E-state index in [9.17, 15) is 18.8 Å². The van der Waals surface area contributed by atoms with Crippen molar-refractivity contribution < 1.29 is 23.5 Å². The van der Waals surface area contributed by atoms with Gasteiger partial charge in [-0.3, -0.25) is 14.4 Å². The minimum atomic E-state index is -0.545. The minimum Gasteiger partial charge on any atom is -0.378 e. The van der Waals surface area contributed by atoms with Gasteiger partial charge in [0.15, 0.2) is 5.78 Å². The van der Waals surface area contributed by atoms with Gasteiger partial charge in [0, 0.05) is 42.0 Å². The smallest absolute Gasteiger partial charge is 0.243 e. The third-order valence-electron chi connectivity index (χ3n) is 5.02. The number of carbonyl (C=O) groups is 3. The van der Waals surface area contributed by atoms with E-state index in [-0.39, 0.29) is 40.4 Å². The largest absolute Gasteiger partial charge is 0.378 e. The Balaban J connectivity index is 1.46. The number of anilines is 2. The fraction of sp³-hybridized carbons (Fsp3) is 0.348. The molecule has 0 unspecified atom stereocenters. The molecule has 1 fully saturated rings. The van der Waals surface area contributed by atoms with Gasteiger partial charge in [-0.1, -0.05) is 6.07 Å². The summed E-state index contributed by atoms with van der Waals surface area (Å²) in [6, 6.07) is 11.7. The van der Waals surface area contributed by atoms with E-state index in [0.29, 0.717) is 18.9 Å². The fourth-order valence-corrected chi connectivity index (χ4v) is 4.03. The van der Waals surface area contributed by atoms with E-state index in [1.165, 1.54) is 31.0 Å². The highest BCUT2D eigenvalue weighted by Crippen LogP contribution is 2.23. The molecule has 0 spiro atoms. The number of morpholine rings is 1. The molecule has 32 heavy (non-hydrogen) atoms. The van der Waals surface area contributed by atoms with Crippen molar-refractivity contribution in [3.63, 3.8) is 0 Å². The summed E-state index contributed by atoms with van der Waals surface area (Å²) in [6.07, 6.45) is 0. The number of halogens is 1. The van der Waals surface area contributed by atoms with Crippen LogP contribution >= 0.6 is 11.8 Å². The first-order valence-electron chi connectivity index (χ1n) is 10.2. The van der Waals surface area contributed by atoms with Gasteiger partial charge in [0.05, 0.1) is 25.5 Å². The Bertz CT molecular complexity index is 978. The van der Waals surface area contributed by atoms with Crippen molar-refractivity contribution in [2.45, 2.75) is 11.8 Å². The minimum absolute atomic E-state index is 0.0195. The number of nitrogens with zero attached hydrogens (tertiary/aromatic N) is 2. The Kier molecular flexibility index (Phi) is 8.24. The summed E-state index contributed by atoms with van der Waals surface area (Å²) in [6.45, 7) is 4.32. The van der Waals surface area contributed by atoms with Gasteiger partial charge >= 0.3 is 0 Å². The molecule has 2 aromatic carbocycles. The molecule has 7 nitrogen and oxygen atoms in total. The van der Waals surface area contributed by atoms with Gasteiger partial charge in [0.2, 0.25) is 11.8 Å². The maximum absolute atomic E-state index is 14.1. The average Bonchev–Trinajstić information content (AvgIpc) is 2.78. The lowest BCUT2D eigenvalue weighted by atomic mass is 10.1. The summed E-state index contributed by atoms with van der Waals surface area (Å²) in [5, 5.41) is 2.78. The molecule has 1 aliphatic rings. The fourth-order valence-electron chi connectivity index (χ4n) is 3.17. The first kappa shape index (κ1) is 23.7. The molecular formula is C23H26FN3O4S. The second kappa shape index (κ2) is 11.1. The lowest BCUT2D eigenvalue weighted by Crippen LogP contribution is -2.36. The predicted molar refractivity (Wildman–Crippen MR) is 123 cm³/mol. The molecule has 1 N–H and O–H groups in total. The van der Waals surface area contributed by atoms with Crippen molar-refractivity contribution in [1.82, 2.24) is 4.90 Å². The van der Waals surface area contributed by atoms with Crippen LogP contribution in [0.2, 0.25) is 0 Å². The topological polar surface area (TPSA) is 79.0 Å². The summed E-state index contributed by atoms with van der Waals surface area (Å²) in [5.74, 6) is -1.41. The van der Waals surface area contributed by atoms with Crippen LogP contribution in [0.4, 0.5) is 15.8 Å². The van der Waals surface area contributed by atoms with Crippen LogP contribution in [0.15, 0.2) is 47.4 Å². The first-order valence-corrected chi connectivity index (χ1v) is 11.2. The van der Waals surface area contributed by atoms with Crippen LogP contribution in [0, 0.1) is 5.82 Å². The van der Waals surface area contributed by atoms with Crippen molar-refractivity contribution in [2.24, 2.45) is 0 Å². The van der Waals surface area contributed by atoms with E-state index >= 15 is 0 Å². The lowest BCUT2D eigenvalue weighted by molar-refractivity contribution is -0.131. The second-order valence-electron chi connectivity index (χ2n) is 7.43. The summed E-state index contributed by atoms with van der Waals surface area (Å²) >= 11 is 1.03. The number of hydrogen-bond donors (Lipinski definition) is 1. The molecular weight excluding hydrogens is 433 g/mol. The molecule has 0 bridgehead atoms. The summed E-state index contributed by atoms with van der Waals surface area (Å²) in [4.78, 5) is 39.8. The van der Waals surface area contributed by atoms with E-state index in [4.69, 9.17) is 4.74 Å². The average molecular weight is 460 g/mol. The number of amides is 2. The number of carbonyl (C=O) groups excluding carboxylic acids is 3. The highest BCUT2D eigenvalue weighted by molar-refractivity contribution is 8.00. The van der Waals surface area contributed by atoms with Gasteiger partial charge in [0.1, 0.15) is 5.82 Å². The van der Waals surface area contributed by atoms with Crippen LogP contribution < -0.4 is 10.2 Å². The molecule has 2 amide bonds. The Morgan fingerprint density at radius 1 is 1.12 bits per heavy atom. The van der Waals surface area contributed by atoms with Crippen LogP contribution in [-0.4, -0.2) is 68.1 Å². The van der Waals surface area contributed by atoms with Crippen molar-refractivity contribution in [2.75, 3.05) is 55.9 Å². The molecule has 0 aliphatic carbocycles. The Labute approximate surface area is 190 Å². The van der Waals surface area contributed by atoms with Crippen molar-refractivity contribution in [1.29, 1.82) is 0 Å². The van der Waals surface area contributed by atoms with E-state index in [2.05, 4.69) is 10.2 Å². The molecule has 1 aliphatic heterocycles. The zero-order valence-electron chi connectivity index (χ0n) is 18.1. The maximum Gasteiger partial charge on any atom is 0.243 e. The second-order valence-corrected chi connectivity index (χ2v) is 8.45. The Morgan fingerprint density at radius 3 is 2.44 bits per heavy atom. The van der Waals surface area contributed by atoms with Gasteiger partial charge in [-0.05, 0) is 43.3 Å². The monoisotopic (exact) mass is 459 g/mol. The summed E-state index contributed by atoms with van der Waals surface area (Å²) in [5.41, 5.74) is 2.00. The molecule has 0 radical (unpaired) electrons. The molecule has 0 aromatic heterocycles. The van der Waals surface area contributed by atoms with Crippen molar-refractivity contribution >= 4 is 40.7 Å². The van der Waals surface area contributed by atoms with E-state index in [0.717, 1.165) is 36.6 Å². The van der Waals surface area contributed by atoms with Crippen LogP contribution in [0.3, 0.4) is 0 Å². The SMILES string of the molecule is CC(=O)c1ccc(SCC(=O)N(C)CC(=O)Nc2ccc(N3CCOCC3)cc2)c(F)c1. The number of benzene rings is 2. The van der Waals surface area contributed by atoms with Gasteiger partial charge in [-0.2, -0.15) is 0 Å². The summed E-state index contributed by atoms with van der Waals surface area (Å²) < 4.78 is 19.4. The maximum atomic E-state index is 14.1. The molecule has 0 saturated carbocycles. The van der Waals surface area contributed by atoms with Gasteiger partial charge in [-0.15, -0.1) is 11.8 Å². The van der Waals surface area contributed by atoms with Crippen LogP contribution in [0.5, 0.6) is 0 Å². The number of ketones is 1. The van der Waals surface area contributed by atoms with Gasteiger partial charge in [0.25, 0.3) is 0 Å². The molecule has 1 saturated heterocycles. The molecule has 9 heteroatoms. The first-order chi connectivity index (χ1) is 15.3. The zero-order valence-corrected chi connectivity index (χ0v) is 18.9. The lowest BCUT2D eigenvalue weighted by Gasteiger charge is -2.28. The number of Topliss-reactive ketones (excluding diaryl/α,β-unsaturated/α-hetero) is 1. The highest BCUT2D eigenvalue weighted by Gasteiger charge is 2.16. The van der Waals surface area contributed by atoms with E-state index < -0.39 is 5.82 Å². The van der Waals surface area contributed by atoms with Crippen molar-refractivity contribution in [3.05, 3.63) is 53.8 Å². The van der Waals surface area contributed by atoms with E-state index in [1.54, 1.807) is 0 Å². The predicted octanol–water partition coefficient (Wildman–Crippen LogP) is 3.05. The number of nitrogens with one attached hydrogen (secondary N) is 1. The number of likely N-dealkylation sites (N-methyl/N-ethyl adjacent to an activating group) is 1. The molecule has 1 heterocycles.